The van der Waals surface area contributed by atoms with Gasteiger partial charge in [-0.25, -0.2) is 8.42 Å². The molecule has 9 heteroatoms. The number of benzene rings is 2. The van der Waals surface area contributed by atoms with E-state index in [2.05, 4.69) is 5.32 Å². The Morgan fingerprint density at radius 2 is 1.79 bits per heavy atom. The molecule has 0 unspecified atom stereocenters. The van der Waals surface area contributed by atoms with Crippen molar-refractivity contribution in [2.24, 2.45) is 0 Å². The van der Waals surface area contributed by atoms with Crippen molar-refractivity contribution in [3.63, 3.8) is 0 Å². The molecule has 0 aliphatic carbocycles. The van der Waals surface area contributed by atoms with Gasteiger partial charge < -0.3 is 14.8 Å². The third-order valence-corrected chi connectivity index (χ3v) is 5.41. The molecule has 0 saturated carbocycles. The smallest absolute Gasteiger partial charge is 0.232 e. The summed E-state index contributed by atoms with van der Waals surface area (Å²) < 4.78 is 35.8. The van der Waals surface area contributed by atoms with Crippen molar-refractivity contribution in [3.05, 3.63) is 47.5 Å². The van der Waals surface area contributed by atoms with Gasteiger partial charge in [0.25, 0.3) is 0 Å². The van der Waals surface area contributed by atoms with E-state index >= 15 is 0 Å². The number of anilines is 2. The second-order valence-electron chi connectivity index (χ2n) is 6.03. The van der Waals surface area contributed by atoms with Gasteiger partial charge in [-0.2, -0.15) is 0 Å². The molecule has 0 fully saturated rings. The van der Waals surface area contributed by atoms with Gasteiger partial charge in [0.2, 0.25) is 15.9 Å². The molecule has 0 atom stereocenters. The molecule has 0 saturated heterocycles. The topological polar surface area (TPSA) is 84.9 Å². The van der Waals surface area contributed by atoms with Crippen LogP contribution in [0, 0.1) is 0 Å². The monoisotopic (exact) mass is 426 g/mol. The number of nitrogens with one attached hydrogen (secondary N) is 1. The predicted octanol–water partition coefficient (Wildman–Crippen LogP) is 3.54. The lowest BCUT2D eigenvalue weighted by atomic mass is 10.2. The van der Waals surface area contributed by atoms with Gasteiger partial charge in [0, 0.05) is 24.1 Å². The van der Waals surface area contributed by atoms with Crippen molar-refractivity contribution >= 4 is 38.9 Å². The second-order valence-corrected chi connectivity index (χ2v) is 8.37. The largest absolute Gasteiger partial charge is 0.497 e. The molecule has 2 aromatic rings. The highest BCUT2D eigenvalue weighted by Gasteiger charge is 2.18. The molecule has 0 radical (unpaired) electrons. The average Bonchev–Trinajstić information content (AvgIpc) is 2.65. The zero-order valence-electron chi connectivity index (χ0n) is 15.9. The predicted molar refractivity (Wildman–Crippen MR) is 111 cm³/mol. The first kappa shape index (κ1) is 21.8. The summed E-state index contributed by atoms with van der Waals surface area (Å²) >= 11 is 5.86. The Kier molecular flexibility index (Phi) is 7.53. The van der Waals surface area contributed by atoms with Crippen LogP contribution in [0.15, 0.2) is 42.5 Å². The number of carbonyl (C=O) groups is 1. The molecule has 0 spiro atoms. The Bertz CT molecular complexity index is 916. The first-order valence-electron chi connectivity index (χ1n) is 8.49. The van der Waals surface area contributed by atoms with Crippen molar-refractivity contribution in [2.45, 2.75) is 12.8 Å². The van der Waals surface area contributed by atoms with Crippen LogP contribution in [-0.4, -0.2) is 41.3 Å². The number of amides is 1. The van der Waals surface area contributed by atoms with Crippen LogP contribution in [0.2, 0.25) is 5.02 Å². The zero-order valence-corrected chi connectivity index (χ0v) is 17.5. The molecule has 0 bridgehead atoms. The van der Waals surface area contributed by atoms with Gasteiger partial charge in [0.15, 0.2) is 0 Å². The fourth-order valence-corrected chi connectivity index (χ4v) is 3.69. The average molecular weight is 427 g/mol. The van der Waals surface area contributed by atoms with Gasteiger partial charge >= 0.3 is 0 Å². The van der Waals surface area contributed by atoms with E-state index in [9.17, 15) is 13.2 Å². The van der Waals surface area contributed by atoms with E-state index in [0.717, 1.165) is 6.26 Å². The summed E-state index contributed by atoms with van der Waals surface area (Å²) in [7, 11) is -0.446. The Morgan fingerprint density at radius 1 is 1.11 bits per heavy atom. The van der Waals surface area contributed by atoms with Gasteiger partial charge in [-0.1, -0.05) is 11.6 Å². The van der Waals surface area contributed by atoms with Crippen LogP contribution in [-0.2, 0) is 14.8 Å². The molecule has 0 aliphatic rings. The molecule has 0 aromatic heterocycles. The SMILES string of the molecule is COc1ccc(OC)c(NC(=O)CCCN(c2ccc(Cl)cc2)S(C)(=O)=O)c1. The first-order valence-corrected chi connectivity index (χ1v) is 10.7. The number of methoxy groups -OCH3 is 2. The lowest BCUT2D eigenvalue weighted by molar-refractivity contribution is -0.116. The van der Waals surface area contributed by atoms with Crippen LogP contribution in [0.1, 0.15) is 12.8 Å². The summed E-state index contributed by atoms with van der Waals surface area (Å²) in [5.41, 5.74) is 0.992. The summed E-state index contributed by atoms with van der Waals surface area (Å²) in [6, 6.07) is 11.6. The molecule has 7 nitrogen and oxygen atoms in total. The molecule has 28 heavy (non-hydrogen) atoms. The first-order chi connectivity index (χ1) is 13.2. The lowest BCUT2D eigenvalue weighted by Crippen LogP contribution is -2.31. The molecule has 1 N–H and O–H groups in total. The summed E-state index contributed by atoms with van der Waals surface area (Å²) in [6.07, 6.45) is 1.61. The summed E-state index contributed by atoms with van der Waals surface area (Å²) in [4.78, 5) is 12.3. The summed E-state index contributed by atoms with van der Waals surface area (Å²) in [6.45, 7) is 0.170. The number of carbonyl (C=O) groups excluding carboxylic acids is 1. The fourth-order valence-electron chi connectivity index (χ4n) is 2.60. The van der Waals surface area contributed by atoms with E-state index in [1.54, 1.807) is 42.5 Å². The maximum Gasteiger partial charge on any atom is 0.232 e. The molecule has 1 amide bonds. The van der Waals surface area contributed by atoms with E-state index in [-0.39, 0.29) is 18.9 Å². The van der Waals surface area contributed by atoms with Crippen LogP contribution in [0.4, 0.5) is 11.4 Å². The van der Waals surface area contributed by atoms with Crippen molar-refractivity contribution in [3.8, 4) is 11.5 Å². The summed E-state index contributed by atoms with van der Waals surface area (Å²) in [5, 5.41) is 3.28. The van der Waals surface area contributed by atoms with Gasteiger partial charge in [-0.3, -0.25) is 9.10 Å². The fraction of sp³-hybridized carbons (Fsp3) is 0.316. The van der Waals surface area contributed by atoms with Gasteiger partial charge in [0.1, 0.15) is 11.5 Å². The minimum atomic E-state index is -3.49. The molecule has 152 valence electrons. The Morgan fingerprint density at radius 3 is 2.36 bits per heavy atom. The van der Waals surface area contributed by atoms with Gasteiger partial charge in [-0.15, -0.1) is 0 Å². The maximum atomic E-state index is 12.3. The second kappa shape index (κ2) is 9.66. The highest BCUT2D eigenvalue weighted by atomic mass is 35.5. The van der Waals surface area contributed by atoms with Crippen LogP contribution in [0.25, 0.3) is 0 Å². The van der Waals surface area contributed by atoms with Crippen LogP contribution in [0.3, 0.4) is 0 Å². The Hall–Kier alpha value is -2.45. The van der Waals surface area contributed by atoms with Crippen LogP contribution in [0.5, 0.6) is 11.5 Å². The van der Waals surface area contributed by atoms with E-state index in [1.807, 2.05) is 0 Å². The molecule has 0 heterocycles. The van der Waals surface area contributed by atoms with Crippen molar-refractivity contribution in [2.75, 3.05) is 36.6 Å². The Labute approximate surface area is 170 Å². The number of sulfonamides is 1. The number of hydrogen-bond donors (Lipinski definition) is 1. The van der Waals surface area contributed by atoms with Gasteiger partial charge in [0.05, 0.1) is 31.9 Å². The molecule has 0 aliphatic heterocycles. The Balaban J connectivity index is 2.01. The number of hydrogen-bond acceptors (Lipinski definition) is 5. The highest BCUT2D eigenvalue weighted by molar-refractivity contribution is 7.92. The molecule has 2 rings (SSSR count). The normalized spacial score (nSPS) is 11.0. The molecular weight excluding hydrogens is 404 g/mol. The van der Waals surface area contributed by atoms with Crippen molar-refractivity contribution < 1.29 is 22.7 Å². The minimum absolute atomic E-state index is 0.139. The minimum Gasteiger partial charge on any atom is -0.497 e. The quantitative estimate of drug-likeness (QED) is 0.662. The maximum absolute atomic E-state index is 12.3. The highest BCUT2D eigenvalue weighted by Crippen LogP contribution is 2.29. The van der Waals surface area contributed by atoms with Crippen molar-refractivity contribution in [1.82, 2.24) is 0 Å². The summed E-state index contributed by atoms with van der Waals surface area (Å²) in [5.74, 6) is 0.839. The van der Waals surface area contributed by atoms with E-state index < -0.39 is 10.0 Å². The third kappa shape index (κ3) is 6.03. The van der Waals surface area contributed by atoms with E-state index in [0.29, 0.717) is 34.3 Å². The number of ether oxygens (including phenoxy) is 2. The third-order valence-electron chi connectivity index (χ3n) is 3.96. The number of nitrogens with zero attached hydrogens (tertiary/aromatic N) is 1. The van der Waals surface area contributed by atoms with Crippen molar-refractivity contribution in [1.29, 1.82) is 0 Å². The van der Waals surface area contributed by atoms with Gasteiger partial charge in [-0.05, 0) is 42.8 Å². The number of rotatable bonds is 9. The van der Waals surface area contributed by atoms with Crippen LogP contribution < -0.4 is 19.1 Å². The zero-order chi connectivity index (χ0) is 20.7. The van der Waals surface area contributed by atoms with Crippen LogP contribution >= 0.6 is 11.6 Å². The number of halogens is 1. The molecular formula is C19H23ClN2O5S. The van der Waals surface area contributed by atoms with E-state index in [1.165, 1.54) is 18.5 Å². The lowest BCUT2D eigenvalue weighted by Gasteiger charge is -2.22. The van der Waals surface area contributed by atoms with E-state index in [4.69, 9.17) is 21.1 Å². The molecule has 2 aromatic carbocycles. The standard InChI is InChI=1S/C19H23ClN2O5S/c1-26-16-10-11-18(27-2)17(13-16)21-19(23)5-4-12-22(28(3,24)25)15-8-6-14(20)7-9-15/h6-11,13H,4-5,12H2,1-3H3,(H,21,23).